The molecule has 1 aliphatic rings. The smallest absolute Gasteiger partial charge is 0.238 e. The fourth-order valence-corrected chi connectivity index (χ4v) is 4.12. The van der Waals surface area contributed by atoms with E-state index in [1.165, 1.54) is 36.0 Å². The summed E-state index contributed by atoms with van der Waals surface area (Å²) in [7, 11) is 0. The molecule has 0 aliphatic carbocycles. The summed E-state index contributed by atoms with van der Waals surface area (Å²) in [5.74, 6) is -1.10. The Bertz CT molecular complexity index is 989. The molecule has 1 N–H and O–H groups in total. The number of carboxylic acids is 1. The summed E-state index contributed by atoms with van der Waals surface area (Å²) in [5, 5.41) is 13.4. The van der Waals surface area contributed by atoms with Crippen LogP contribution in [0.5, 0.6) is 5.75 Å². The number of aliphatic imine (C=N–C) groups is 1. The molecule has 0 saturated carbocycles. The van der Waals surface area contributed by atoms with Gasteiger partial charge in [0.25, 0.3) is 0 Å². The van der Waals surface area contributed by atoms with Gasteiger partial charge < -0.3 is 20.0 Å². The van der Waals surface area contributed by atoms with Crippen LogP contribution in [-0.2, 0) is 9.59 Å². The van der Waals surface area contributed by atoms with Crippen LogP contribution in [0, 0.1) is 0 Å². The van der Waals surface area contributed by atoms with E-state index in [1.807, 2.05) is 13.8 Å². The van der Waals surface area contributed by atoms with Gasteiger partial charge in [-0.3, -0.25) is 14.5 Å². The van der Waals surface area contributed by atoms with Gasteiger partial charge in [0.2, 0.25) is 11.8 Å². The van der Waals surface area contributed by atoms with E-state index in [9.17, 15) is 19.5 Å². The number of anilines is 1. The van der Waals surface area contributed by atoms with Crippen LogP contribution >= 0.6 is 11.8 Å². The normalized spacial score (nSPS) is 17.5. The Morgan fingerprint density at radius 1 is 1.16 bits per heavy atom. The minimum atomic E-state index is -1.29. The highest BCUT2D eigenvalue weighted by atomic mass is 32.2. The van der Waals surface area contributed by atoms with Gasteiger partial charge >= 0.3 is 0 Å². The Morgan fingerprint density at radius 2 is 1.84 bits per heavy atom. The quantitative estimate of drug-likeness (QED) is 0.708. The van der Waals surface area contributed by atoms with Crippen LogP contribution in [0.4, 0.5) is 11.4 Å². The average molecular weight is 441 g/mol. The first-order valence-corrected chi connectivity index (χ1v) is 10.7. The Balaban J connectivity index is 1.75. The number of carboxylic acid groups (broad SMARTS) is 1. The molecule has 0 unspecified atom stereocenters. The molecule has 2 aromatic rings. The van der Waals surface area contributed by atoms with Gasteiger partial charge in [-0.15, -0.1) is 0 Å². The first-order chi connectivity index (χ1) is 14.9. The van der Waals surface area contributed by atoms with Crippen LogP contribution in [0.1, 0.15) is 30.6 Å². The summed E-state index contributed by atoms with van der Waals surface area (Å²) in [4.78, 5) is 42.3. The van der Waals surface area contributed by atoms with Crippen LogP contribution in [0.2, 0.25) is 0 Å². The Labute approximate surface area is 184 Å². The second kappa shape index (κ2) is 10.1. The molecule has 2 aromatic carbocycles. The van der Waals surface area contributed by atoms with Crippen molar-refractivity contribution in [3.05, 3.63) is 54.1 Å². The lowest BCUT2D eigenvalue weighted by atomic mass is 10.2. The number of hydrogen-bond donors (Lipinski definition) is 1. The number of nitrogens with one attached hydrogen (secondary N) is 1. The summed E-state index contributed by atoms with van der Waals surface area (Å²) in [6.45, 7) is 4.77. The van der Waals surface area contributed by atoms with E-state index in [0.717, 1.165) is 5.75 Å². The predicted octanol–water partition coefficient (Wildman–Crippen LogP) is 2.43. The highest BCUT2D eigenvalue weighted by Crippen LogP contribution is 2.30. The molecule has 31 heavy (non-hydrogen) atoms. The summed E-state index contributed by atoms with van der Waals surface area (Å²) in [6, 6.07) is 12.8. The third kappa shape index (κ3) is 5.64. The van der Waals surface area contributed by atoms with Gasteiger partial charge in [-0.2, -0.15) is 0 Å². The largest absolute Gasteiger partial charge is 0.545 e. The van der Waals surface area contributed by atoms with Crippen LogP contribution in [0.3, 0.4) is 0 Å². The van der Waals surface area contributed by atoms with Crippen molar-refractivity contribution in [1.29, 1.82) is 0 Å². The van der Waals surface area contributed by atoms with Crippen molar-refractivity contribution in [2.75, 3.05) is 18.5 Å². The minimum absolute atomic E-state index is 0.0172. The molecular weight excluding hydrogens is 418 g/mol. The van der Waals surface area contributed by atoms with Gasteiger partial charge in [0.15, 0.2) is 5.17 Å². The number of hydrogen-bond acceptors (Lipinski definition) is 7. The molecule has 0 spiro atoms. The Kier molecular flexibility index (Phi) is 7.30. The molecule has 8 nitrogen and oxygen atoms in total. The fraction of sp³-hybridized carbons (Fsp3) is 0.273. The van der Waals surface area contributed by atoms with Crippen molar-refractivity contribution in [3.63, 3.8) is 0 Å². The summed E-state index contributed by atoms with van der Waals surface area (Å²) in [6.07, 6.45) is 0.0454. The van der Waals surface area contributed by atoms with Gasteiger partial charge in [0, 0.05) is 18.7 Å². The zero-order valence-electron chi connectivity index (χ0n) is 17.2. The number of aromatic carboxylic acids is 1. The highest BCUT2D eigenvalue weighted by Gasteiger charge is 2.35. The molecule has 3 rings (SSSR count). The van der Waals surface area contributed by atoms with E-state index in [2.05, 4.69) is 10.3 Å². The zero-order chi connectivity index (χ0) is 22.4. The first kappa shape index (κ1) is 22.4. The maximum absolute atomic E-state index is 12.7. The number of amides is 2. The molecule has 2 amide bonds. The van der Waals surface area contributed by atoms with Crippen molar-refractivity contribution in [1.82, 2.24) is 4.90 Å². The number of carbonyl (C=O) groups is 3. The second-order valence-corrected chi connectivity index (χ2v) is 7.79. The lowest BCUT2D eigenvalue weighted by Gasteiger charge is -2.30. The van der Waals surface area contributed by atoms with E-state index in [0.29, 0.717) is 29.7 Å². The maximum Gasteiger partial charge on any atom is 0.238 e. The van der Waals surface area contributed by atoms with Crippen molar-refractivity contribution < 1.29 is 24.2 Å². The molecule has 162 valence electrons. The summed E-state index contributed by atoms with van der Waals surface area (Å²) >= 11 is 1.22. The molecule has 1 saturated heterocycles. The average Bonchev–Trinajstić information content (AvgIpc) is 2.75. The molecule has 0 radical (unpaired) electrons. The topological polar surface area (TPSA) is 111 Å². The van der Waals surface area contributed by atoms with Crippen molar-refractivity contribution in [3.8, 4) is 5.75 Å². The molecule has 0 bridgehead atoms. The van der Waals surface area contributed by atoms with Gasteiger partial charge in [0.05, 0.1) is 18.3 Å². The summed E-state index contributed by atoms with van der Waals surface area (Å²) < 4.78 is 5.43. The van der Waals surface area contributed by atoms with Gasteiger partial charge in [-0.25, -0.2) is 4.99 Å². The third-order valence-corrected chi connectivity index (χ3v) is 5.70. The molecule has 0 aromatic heterocycles. The van der Waals surface area contributed by atoms with Gasteiger partial charge in [0.1, 0.15) is 11.0 Å². The lowest BCUT2D eigenvalue weighted by molar-refractivity contribution is -0.255. The lowest BCUT2D eigenvalue weighted by Crippen LogP contribution is -2.45. The maximum atomic E-state index is 12.7. The highest BCUT2D eigenvalue weighted by molar-refractivity contribution is 8.15. The number of nitrogens with zero attached hydrogens (tertiary/aromatic N) is 2. The monoisotopic (exact) mass is 440 g/mol. The van der Waals surface area contributed by atoms with E-state index in [1.54, 1.807) is 29.2 Å². The Hall–Kier alpha value is -3.33. The van der Waals surface area contributed by atoms with Crippen LogP contribution in [0.15, 0.2) is 53.5 Å². The Morgan fingerprint density at radius 3 is 2.42 bits per heavy atom. The van der Waals surface area contributed by atoms with E-state index >= 15 is 0 Å². The summed E-state index contributed by atoms with van der Waals surface area (Å²) in [5.41, 5.74) is 1.10. The predicted molar refractivity (Wildman–Crippen MR) is 117 cm³/mol. The first-order valence-electron chi connectivity index (χ1n) is 9.82. The number of benzene rings is 2. The van der Waals surface area contributed by atoms with Crippen molar-refractivity contribution >= 4 is 46.1 Å². The van der Waals surface area contributed by atoms with E-state index < -0.39 is 11.2 Å². The number of amidine groups is 1. The molecule has 1 fully saturated rings. The van der Waals surface area contributed by atoms with E-state index in [4.69, 9.17) is 4.74 Å². The number of thioether (sulfide) groups is 1. The number of rotatable bonds is 7. The SMILES string of the molecule is CCOc1ccc(N=C2S[C@@H](C(=O)Nc3ccc(C(=O)[O-])cc3)CC(=O)N2CC)cc1. The molecule has 1 heterocycles. The third-order valence-electron chi connectivity index (χ3n) is 4.51. The van der Waals surface area contributed by atoms with Gasteiger partial charge in [-0.1, -0.05) is 23.9 Å². The molecular formula is C22H22N3O5S-. The van der Waals surface area contributed by atoms with E-state index in [-0.39, 0.29) is 23.8 Å². The minimum Gasteiger partial charge on any atom is -0.545 e. The molecule has 1 atom stereocenters. The van der Waals surface area contributed by atoms with Gasteiger partial charge in [-0.05, 0) is 55.8 Å². The van der Waals surface area contributed by atoms with Crippen LogP contribution < -0.4 is 15.2 Å². The standard InChI is InChI=1S/C22H23N3O5S/c1-3-25-19(26)13-18(20(27)23-15-7-5-14(6-8-15)21(28)29)31-22(25)24-16-9-11-17(12-10-16)30-4-2/h5-12,18H,3-4,13H2,1-2H3,(H,23,27)(H,28,29)/p-1/t18-/m1/s1. The molecule has 9 heteroatoms. The number of ether oxygens (including phenoxy) is 1. The second-order valence-electron chi connectivity index (χ2n) is 6.62. The van der Waals surface area contributed by atoms with Crippen molar-refractivity contribution in [2.24, 2.45) is 4.99 Å². The fourth-order valence-electron chi connectivity index (χ4n) is 2.96. The molecule has 1 aliphatic heterocycles. The zero-order valence-corrected chi connectivity index (χ0v) is 18.0. The van der Waals surface area contributed by atoms with Crippen LogP contribution in [0.25, 0.3) is 0 Å². The van der Waals surface area contributed by atoms with Crippen molar-refractivity contribution in [2.45, 2.75) is 25.5 Å². The van der Waals surface area contributed by atoms with Crippen LogP contribution in [-0.4, -0.2) is 46.3 Å². The number of carbonyl (C=O) groups excluding carboxylic acids is 3.